The zero-order valence-corrected chi connectivity index (χ0v) is 19.0. The Bertz CT molecular complexity index is 1450. The predicted molar refractivity (Wildman–Crippen MR) is 127 cm³/mol. The van der Waals surface area contributed by atoms with Gasteiger partial charge in [0, 0.05) is 30.8 Å². The van der Waals surface area contributed by atoms with Crippen molar-refractivity contribution in [2.24, 2.45) is 13.0 Å². The van der Waals surface area contributed by atoms with Crippen molar-refractivity contribution in [3.8, 4) is 0 Å². The topological polar surface area (TPSA) is 65.1 Å². The lowest BCUT2D eigenvalue weighted by Gasteiger charge is -2.33. The average Bonchev–Trinajstić information content (AvgIpc) is 3.15. The molecule has 0 bridgehead atoms. The molecule has 0 amide bonds. The van der Waals surface area contributed by atoms with E-state index in [-0.39, 0.29) is 23.7 Å². The Morgan fingerprint density at radius 1 is 1.09 bits per heavy atom. The van der Waals surface area contributed by atoms with E-state index in [1.165, 1.54) is 9.13 Å². The third kappa shape index (κ3) is 3.33. The van der Waals surface area contributed by atoms with Crippen molar-refractivity contribution >= 4 is 34.4 Å². The number of aryl methyl sites for hydroxylation is 2. The summed E-state index contributed by atoms with van der Waals surface area (Å²) in [6.07, 6.45) is 0. The first kappa shape index (κ1) is 20.6. The van der Waals surface area contributed by atoms with Crippen molar-refractivity contribution in [2.75, 3.05) is 11.4 Å². The number of rotatable bonds is 3. The normalized spacial score (nSPS) is 15.9. The number of fused-ring (bicyclic) bond motifs is 3. The molecular weight excluding hydrogens is 426 g/mol. The summed E-state index contributed by atoms with van der Waals surface area (Å²) in [5.41, 5.74) is 3.13. The minimum Gasteiger partial charge on any atom is -0.312 e. The molecule has 32 heavy (non-hydrogen) atoms. The zero-order chi connectivity index (χ0) is 22.6. The highest BCUT2D eigenvalue weighted by Crippen LogP contribution is 2.33. The van der Waals surface area contributed by atoms with Gasteiger partial charge in [0.2, 0.25) is 5.95 Å². The molecular formula is C24H24ClN5O2. The van der Waals surface area contributed by atoms with Gasteiger partial charge in [0.25, 0.3) is 5.56 Å². The van der Waals surface area contributed by atoms with Crippen LogP contribution in [0.15, 0.2) is 58.1 Å². The lowest BCUT2D eigenvalue weighted by molar-refractivity contribution is 0.458. The zero-order valence-electron chi connectivity index (χ0n) is 18.2. The number of aromatic nitrogens is 4. The second kappa shape index (κ2) is 7.67. The van der Waals surface area contributed by atoms with Gasteiger partial charge >= 0.3 is 5.69 Å². The van der Waals surface area contributed by atoms with E-state index in [0.29, 0.717) is 28.7 Å². The molecule has 0 saturated carbocycles. The first-order valence-electron chi connectivity index (χ1n) is 10.6. The second-order valence-corrected chi connectivity index (χ2v) is 9.05. The highest BCUT2D eigenvalue weighted by Gasteiger charge is 2.29. The molecule has 0 fully saturated rings. The standard InChI is InChI=1S/C24H24ClN5O2/c1-15-5-4-6-17(11-15)14-30-22(31)20-21(27(3)24(30)32)26-23-28(12-16(2)13-29(20)23)19-9-7-18(25)8-10-19/h4-11,16H,12-14H2,1-3H3. The third-order valence-electron chi connectivity index (χ3n) is 6.00. The Kier molecular flexibility index (Phi) is 4.93. The van der Waals surface area contributed by atoms with E-state index >= 15 is 0 Å². The number of imidazole rings is 1. The van der Waals surface area contributed by atoms with Crippen molar-refractivity contribution in [3.05, 3.63) is 85.5 Å². The molecule has 5 rings (SSSR count). The molecule has 1 aliphatic rings. The van der Waals surface area contributed by atoms with Crippen LogP contribution in [0, 0.1) is 12.8 Å². The van der Waals surface area contributed by atoms with Gasteiger partial charge in [-0.2, -0.15) is 4.98 Å². The lowest BCUT2D eigenvalue weighted by Crippen LogP contribution is -2.40. The molecule has 8 heteroatoms. The van der Waals surface area contributed by atoms with E-state index in [0.717, 1.165) is 23.4 Å². The molecule has 0 N–H and O–H groups in total. The summed E-state index contributed by atoms with van der Waals surface area (Å²) in [5.74, 6) is 0.957. The maximum absolute atomic E-state index is 13.6. The van der Waals surface area contributed by atoms with Crippen LogP contribution < -0.4 is 16.1 Å². The summed E-state index contributed by atoms with van der Waals surface area (Å²) in [6.45, 7) is 5.78. The number of hydrogen-bond acceptors (Lipinski definition) is 4. The summed E-state index contributed by atoms with van der Waals surface area (Å²) in [7, 11) is 1.67. The van der Waals surface area contributed by atoms with Crippen LogP contribution in [-0.4, -0.2) is 25.2 Å². The largest absolute Gasteiger partial charge is 0.332 e. The van der Waals surface area contributed by atoms with Crippen molar-refractivity contribution in [1.29, 1.82) is 0 Å². The number of anilines is 2. The SMILES string of the molecule is Cc1cccc(Cn2c(=O)c3c(nc4n3CC(C)CN4c3ccc(Cl)cc3)n(C)c2=O)c1. The molecule has 1 unspecified atom stereocenters. The fourth-order valence-corrected chi connectivity index (χ4v) is 4.60. The minimum atomic E-state index is -0.370. The Hall–Kier alpha value is -3.32. The summed E-state index contributed by atoms with van der Waals surface area (Å²) >= 11 is 6.07. The monoisotopic (exact) mass is 449 g/mol. The van der Waals surface area contributed by atoms with Gasteiger partial charge in [-0.05, 0) is 42.7 Å². The van der Waals surface area contributed by atoms with Gasteiger partial charge in [0.15, 0.2) is 11.2 Å². The van der Waals surface area contributed by atoms with Crippen molar-refractivity contribution < 1.29 is 0 Å². The highest BCUT2D eigenvalue weighted by molar-refractivity contribution is 6.30. The molecule has 1 aliphatic heterocycles. The summed E-state index contributed by atoms with van der Waals surface area (Å²) in [6, 6.07) is 15.4. The Morgan fingerprint density at radius 3 is 2.56 bits per heavy atom. The van der Waals surface area contributed by atoms with Gasteiger partial charge in [-0.3, -0.25) is 13.9 Å². The second-order valence-electron chi connectivity index (χ2n) is 8.61. The van der Waals surface area contributed by atoms with Crippen molar-refractivity contribution in [2.45, 2.75) is 26.9 Å². The summed E-state index contributed by atoms with van der Waals surface area (Å²) < 4.78 is 4.73. The predicted octanol–water partition coefficient (Wildman–Crippen LogP) is 3.69. The van der Waals surface area contributed by atoms with Gasteiger partial charge in [0.1, 0.15) is 0 Å². The van der Waals surface area contributed by atoms with Crippen LogP contribution in [0.2, 0.25) is 5.02 Å². The molecule has 1 atom stereocenters. The van der Waals surface area contributed by atoms with E-state index in [2.05, 4.69) is 11.8 Å². The highest BCUT2D eigenvalue weighted by atomic mass is 35.5. The van der Waals surface area contributed by atoms with E-state index in [9.17, 15) is 9.59 Å². The maximum Gasteiger partial charge on any atom is 0.332 e. The van der Waals surface area contributed by atoms with E-state index < -0.39 is 0 Å². The molecule has 0 saturated heterocycles. The number of halogens is 1. The Labute approximate surface area is 190 Å². The minimum absolute atomic E-state index is 0.222. The van der Waals surface area contributed by atoms with Crippen LogP contribution in [0.5, 0.6) is 0 Å². The molecule has 0 radical (unpaired) electrons. The van der Waals surface area contributed by atoms with Crippen molar-refractivity contribution in [3.63, 3.8) is 0 Å². The van der Waals surface area contributed by atoms with Crippen molar-refractivity contribution in [1.82, 2.24) is 18.7 Å². The lowest BCUT2D eigenvalue weighted by atomic mass is 10.1. The summed E-state index contributed by atoms with van der Waals surface area (Å²) in [4.78, 5) is 33.5. The number of hydrogen-bond donors (Lipinski definition) is 0. The third-order valence-corrected chi connectivity index (χ3v) is 6.26. The Morgan fingerprint density at radius 2 is 1.84 bits per heavy atom. The van der Waals surface area contributed by atoms with Gasteiger partial charge in [0.05, 0.1) is 6.54 Å². The molecule has 3 heterocycles. The van der Waals surface area contributed by atoms with Crippen LogP contribution >= 0.6 is 11.6 Å². The van der Waals surface area contributed by atoms with Gasteiger partial charge in [-0.15, -0.1) is 0 Å². The molecule has 2 aromatic heterocycles. The quantitative estimate of drug-likeness (QED) is 0.478. The number of nitrogens with zero attached hydrogens (tertiary/aromatic N) is 5. The Balaban J connectivity index is 1.72. The average molecular weight is 450 g/mol. The van der Waals surface area contributed by atoms with Crippen LogP contribution in [-0.2, 0) is 20.1 Å². The molecule has 7 nitrogen and oxygen atoms in total. The van der Waals surface area contributed by atoms with Crippen LogP contribution in [0.4, 0.5) is 11.6 Å². The van der Waals surface area contributed by atoms with Gasteiger partial charge in [-0.25, -0.2) is 4.79 Å². The van der Waals surface area contributed by atoms with Crippen LogP contribution in [0.1, 0.15) is 18.1 Å². The maximum atomic E-state index is 13.6. The van der Waals surface area contributed by atoms with Gasteiger partial charge in [-0.1, -0.05) is 48.4 Å². The van der Waals surface area contributed by atoms with Gasteiger partial charge < -0.3 is 9.47 Å². The fourth-order valence-electron chi connectivity index (χ4n) is 4.48. The molecule has 164 valence electrons. The molecule has 4 aromatic rings. The first-order chi connectivity index (χ1) is 15.3. The van der Waals surface area contributed by atoms with Crippen LogP contribution in [0.3, 0.4) is 0 Å². The molecule has 0 spiro atoms. The first-order valence-corrected chi connectivity index (χ1v) is 11.0. The van der Waals surface area contributed by atoms with E-state index in [1.54, 1.807) is 7.05 Å². The molecule has 0 aliphatic carbocycles. The summed E-state index contributed by atoms with van der Waals surface area (Å²) in [5, 5.41) is 0.661. The number of benzene rings is 2. The fraction of sp³-hybridized carbons (Fsp3) is 0.292. The molecule has 2 aromatic carbocycles. The van der Waals surface area contributed by atoms with E-state index in [1.807, 2.05) is 60.0 Å². The smallest absolute Gasteiger partial charge is 0.312 e. The van der Waals surface area contributed by atoms with E-state index in [4.69, 9.17) is 16.6 Å². The van der Waals surface area contributed by atoms with Crippen LogP contribution in [0.25, 0.3) is 11.2 Å².